The summed E-state index contributed by atoms with van der Waals surface area (Å²) in [5.74, 6) is 1.34. The van der Waals surface area contributed by atoms with Gasteiger partial charge < -0.3 is 15.2 Å². The van der Waals surface area contributed by atoms with Crippen LogP contribution in [0.2, 0.25) is 0 Å². The molecule has 4 heteroatoms. The van der Waals surface area contributed by atoms with E-state index in [2.05, 4.69) is 0 Å². The lowest BCUT2D eigenvalue weighted by molar-refractivity contribution is 0.103. The molecule has 3 rings (SSSR count). The fourth-order valence-electron chi connectivity index (χ4n) is 2.35. The summed E-state index contributed by atoms with van der Waals surface area (Å²) in [6.07, 6.45) is 0.849. The van der Waals surface area contributed by atoms with Crippen LogP contribution in [0.4, 0.5) is 5.69 Å². The zero-order valence-corrected chi connectivity index (χ0v) is 11.2. The number of carbonyl (C=O) groups is 1. The van der Waals surface area contributed by atoms with Crippen molar-refractivity contribution in [3.05, 3.63) is 53.1 Å². The minimum Gasteiger partial charge on any atom is -0.495 e. The van der Waals surface area contributed by atoms with Crippen molar-refractivity contribution >= 4 is 11.5 Å². The summed E-state index contributed by atoms with van der Waals surface area (Å²) in [5, 5.41) is 0. The number of benzene rings is 2. The maximum Gasteiger partial charge on any atom is 0.193 e. The predicted octanol–water partition coefficient (Wildman–Crippen LogP) is 2.44. The third-order valence-corrected chi connectivity index (χ3v) is 3.45. The molecule has 0 aliphatic carbocycles. The molecule has 0 radical (unpaired) electrons. The Bertz CT molecular complexity index is 666. The van der Waals surface area contributed by atoms with Crippen LogP contribution in [-0.4, -0.2) is 19.5 Å². The minimum absolute atomic E-state index is 0.0435. The molecule has 1 heterocycles. The van der Waals surface area contributed by atoms with Crippen molar-refractivity contribution in [2.75, 3.05) is 19.5 Å². The Labute approximate surface area is 117 Å². The molecule has 2 aromatic carbocycles. The summed E-state index contributed by atoms with van der Waals surface area (Å²) >= 11 is 0. The van der Waals surface area contributed by atoms with Gasteiger partial charge in [0.05, 0.1) is 19.4 Å². The van der Waals surface area contributed by atoms with Gasteiger partial charge in [0.2, 0.25) is 0 Å². The van der Waals surface area contributed by atoms with Gasteiger partial charge in [-0.25, -0.2) is 0 Å². The van der Waals surface area contributed by atoms with Gasteiger partial charge in [-0.3, -0.25) is 4.79 Å². The predicted molar refractivity (Wildman–Crippen MR) is 76.5 cm³/mol. The number of hydrogen-bond donors (Lipinski definition) is 1. The van der Waals surface area contributed by atoms with Gasteiger partial charge in [0.1, 0.15) is 11.5 Å². The Morgan fingerprint density at radius 3 is 2.75 bits per heavy atom. The van der Waals surface area contributed by atoms with Crippen LogP contribution in [-0.2, 0) is 6.42 Å². The molecule has 0 amide bonds. The lowest BCUT2D eigenvalue weighted by Crippen LogP contribution is -2.03. The van der Waals surface area contributed by atoms with Crippen LogP contribution in [0.5, 0.6) is 11.5 Å². The van der Waals surface area contributed by atoms with Crippen molar-refractivity contribution in [1.82, 2.24) is 0 Å². The van der Waals surface area contributed by atoms with Gasteiger partial charge in [-0.05, 0) is 42.0 Å². The number of rotatable bonds is 3. The quantitative estimate of drug-likeness (QED) is 0.686. The standard InChI is InChI=1S/C16H15NO3/c1-19-15-9-12(2-4-13(15)17)16(18)11-3-5-14-10(8-11)6-7-20-14/h2-5,8-9H,6-7,17H2,1H3. The SMILES string of the molecule is COc1cc(C(=O)c2ccc3c(c2)CCO3)ccc1N. The van der Waals surface area contributed by atoms with E-state index in [1.165, 1.54) is 7.11 Å². The first-order valence-corrected chi connectivity index (χ1v) is 6.43. The molecule has 1 aliphatic heterocycles. The van der Waals surface area contributed by atoms with Crippen LogP contribution < -0.4 is 15.2 Å². The number of ketones is 1. The molecule has 0 unspecified atom stereocenters. The van der Waals surface area contributed by atoms with Crippen molar-refractivity contribution in [2.45, 2.75) is 6.42 Å². The van der Waals surface area contributed by atoms with Gasteiger partial charge in [-0.1, -0.05) is 0 Å². The van der Waals surface area contributed by atoms with Gasteiger partial charge in [0.15, 0.2) is 5.78 Å². The lowest BCUT2D eigenvalue weighted by Gasteiger charge is -2.08. The highest BCUT2D eigenvalue weighted by Gasteiger charge is 2.16. The molecular formula is C16H15NO3. The molecule has 20 heavy (non-hydrogen) atoms. The number of methoxy groups -OCH3 is 1. The molecule has 4 nitrogen and oxygen atoms in total. The van der Waals surface area contributed by atoms with E-state index < -0.39 is 0 Å². The van der Waals surface area contributed by atoms with Crippen molar-refractivity contribution in [3.63, 3.8) is 0 Å². The van der Waals surface area contributed by atoms with Crippen molar-refractivity contribution in [2.24, 2.45) is 0 Å². The van der Waals surface area contributed by atoms with Gasteiger partial charge in [0.25, 0.3) is 0 Å². The van der Waals surface area contributed by atoms with Gasteiger partial charge in [0, 0.05) is 17.5 Å². The highest BCUT2D eigenvalue weighted by atomic mass is 16.5. The first kappa shape index (κ1) is 12.5. The summed E-state index contributed by atoms with van der Waals surface area (Å²) in [6, 6.07) is 10.6. The molecule has 0 atom stereocenters. The van der Waals surface area contributed by atoms with Crippen molar-refractivity contribution in [1.29, 1.82) is 0 Å². The van der Waals surface area contributed by atoms with Crippen LogP contribution in [0.1, 0.15) is 21.5 Å². The number of fused-ring (bicyclic) bond motifs is 1. The number of carbonyl (C=O) groups excluding carboxylic acids is 1. The summed E-state index contributed by atoms with van der Waals surface area (Å²) in [4.78, 5) is 12.5. The van der Waals surface area contributed by atoms with Crippen LogP contribution in [0, 0.1) is 0 Å². The van der Waals surface area contributed by atoms with Gasteiger partial charge >= 0.3 is 0 Å². The Balaban J connectivity index is 1.96. The molecule has 0 saturated carbocycles. The van der Waals surface area contributed by atoms with E-state index in [1.54, 1.807) is 24.3 Å². The van der Waals surface area contributed by atoms with Gasteiger partial charge in [-0.15, -0.1) is 0 Å². The third kappa shape index (κ3) is 2.09. The highest BCUT2D eigenvalue weighted by Crippen LogP contribution is 2.28. The van der Waals surface area contributed by atoms with E-state index >= 15 is 0 Å². The molecule has 1 aliphatic rings. The zero-order valence-electron chi connectivity index (χ0n) is 11.2. The van der Waals surface area contributed by atoms with Crippen LogP contribution in [0.25, 0.3) is 0 Å². The maximum atomic E-state index is 12.5. The Kier molecular flexibility index (Phi) is 3.06. The minimum atomic E-state index is -0.0435. The van der Waals surface area contributed by atoms with E-state index in [4.69, 9.17) is 15.2 Å². The first-order valence-electron chi connectivity index (χ1n) is 6.43. The zero-order chi connectivity index (χ0) is 14.1. The molecule has 2 aromatic rings. The fourth-order valence-corrected chi connectivity index (χ4v) is 2.35. The molecule has 0 aromatic heterocycles. The number of anilines is 1. The summed E-state index contributed by atoms with van der Waals surface area (Å²) in [5.41, 5.74) is 8.58. The molecule has 0 fully saturated rings. The highest BCUT2D eigenvalue weighted by molar-refractivity contribution is 6.09. The van der Waals surface area contributed by atoms with E-state index in [9.17, 15) is 4.79 Å². The van der Waals surface area contributed by atoms with Crippen molar-refractivity contribution < 1.29 is 14.3 Å². The first-order chi connectivity index (χ1) is 9.69. The Hall–Kier alpha value is -2.49. The third-order valence-electron chi connectivity index (χ3n) is 3.45. The lowest BCUT2D eigenvalue weighted by atomic mass is 10.00. The normalized spacial score (nSPS) is 12.7. The molecule has 0 bridgehead atoms. The van der Waals surface area contributed by atoms with Crippen molar-refractivity contribution in [3.8, 4) is 11.5 Å². The largest absolute Gasteiger partial charge is 0.495 e. The average Bonchev–Trinajstić information content (AvgIpc) is 2.94. The molecule has 102 valence electrons. The van der Waals surface area contributed by atoms with Gasteiger partial charge in [-0.2, -0.15) is 0 Å². The monoisotopic (exact) mass is 269 g/mol. The van der Waals surface area contributed by atoms with E-state index in [0.717, 1.165) is 17.7 Å². The van der Waals surface area contributed by atoms with Crippen LogP contribution in [0.15, 0.2) is 36.4 Å². The number of ether oxygens (including phenoxy) is 2. The molecule has 2 N–H and O–H groups in total. The second-order valence-corrected chi connectivity index (χ2v) is 4.71. The summed E-state index contributed by atoms with van der Waals surface area (Å²) in [6.45, 7) is 0.683. The van der Waals surface area contributed by atoms with E-state index in [1.807, 2.05) is 12.1 Å². The Morgan fingerprint density at radius 1 is 1.20 bits per heavy atom. The fraction of sp³-hybridized carbons (Fsp3) is 0.188. The van der Waals surface area contributed by atoms with Crippen LogP contribution in [0.3, 0.4) is 0 Å². The second kappa shape index (κ2) is 4.89. The summed E-state index contributed by atoms with van der Waals surface area (Å²) < 4.78 is 10.6. The number of nitrogen functional groups attached to an aromatic ring is 1. The topological polar surface area (TPSA) is 61.5 Å². The van der Waals surface area contributed by atoms with E-state index in [-0.39, 0.29) is 5.78 Å². The second-order valence-electron chi connectivity index (χ2n) is 4.71. The maximum absolute atomic E-state index is 12.5. The van der Waals surface area contributed by atoms with Crippen LogP contribution >= 0.6 is 0 Å². The van der Waals surface area contributed by atoms with E-state index in [0.29, 0.717) is 29.2 Å². The average molecular weight is 269 g/mol. The molecular weight excluding hydrogens is 254 g/mol. The number of hydrogen-bond acceptors (Lipinski definition) is 4. The smallest absolute Gasteiger partial charge is 0.193 e. The molecule has 0 saturated heterocycles. The number of nitrogens with two attached hydrogens (primary N) is 1. The summed E-state index contributed by atoms with van der Waals surface area (Å²) in [7, 11) is 1.53. The Morgan fingerprint density at radius 2 is 1.95 bits per heavy atom. The molecule has 0 spiro atoms.